The van der Waals surface area contributed by atoms with E-state index in [0.717, 1.165) is 35.7 Å². The third-order valence-corrected chi connectivity index (χ3v) is 6.33. The van der Waals surface area contributed by atoms with Gasteiger partial charge >= 0.3 is 0 Å². The van der Waals surface area contributed by atoms with Gasteiger partial charge in [0.25, 0.3) is 5.91 Å². The van der Waals surface area contributed by atoms with Crippen LogP contribution in [0.2, 0.25) is 9.36 Å². The molecule has 0 saturated carbocycles. The predicted molar refractivity (Wildman–Crippen MR) is 96.8 cm³/mol. The summed E-state index contributed by atoms with van der Waals surface area (Å²) >= 11 is 13.0. The lowest BCUT2D eigenvalue weighted by Crippen LogP contribution is -2.48. The first-order valence-corrected chi connectivity index (χ1v) is 9.58. The minimum atomic E-state index is -0.322. The number of amides is 1. The first-order chi connectivity index (χ1) is 12.1. The van der Waals surface area contributed by atoms with Crippen molar-refractivity contribution in [2.75, 3.05) is 13.2 Å². The summed E-state index contributed by atoms with van der Waals surface area (Å²) in [6.07, 6.45) is 2.29. The van der Waals surface area contributed by atoms with Gasteiger partial charge in [0.2, 0.25) is 0 Å². The average molecular weight is 399 g/mol. The first-order valence-electron chi connectivity index (χ1n) is 8.05. The quantitative estimate of drug-likeness (QED) is 0.820. The molecule has 1 aromatic heterocycles. The van der Waals surface area contributed by atoms with Crippen molar-refractivity contribution in [3.63, 3.8) is 0 Å². The highest BCUT2D eigenvalue weighted by Gasteiger charge is 2.42. The lowest BCUT2D eigenvalue weighted by molar-refractivity contribution is -0.0639. The van der Waals surface area contributed by atoms with Crippen molar-refractivity contribution in [3.05, 3.63) is 44.9 Å². The van der Waals surface area contributed by atoms with Crippen LogP contribution >= 0.6 is 34.7 Å². The van der Waals surface area contributed by atoms with Crippen LogP contribution in [0.5, 0.6) is 5.75 Å². The molecule has 25 heavy (non-hydrogen) atoms. The van der Waals surface area contributed by atoms with Crippen molar-refractivity contribution in [3.8, 4) is 5.75 Å². The fraction of sp³-hybridized carbons (Fsp3) is 0.412. The Labute approximate surface area is 159 Å². The second kappa shape index (κ2) is 6.76. The fourth-order valence-corrected chi connectivity index (χ4v) is 4.42. The Morgan fingerprint density at radius 1 is 1.28 bits per heavy atom. The van der Waals surface area contributed by atoms with Crippen LogP contribution in [0.3, 0.4) is 0 Å². The number of nitrogens with zero attached hydrogens (tertiary/aromatic N) is 1. The zero-order chi connectivity index (χ0) is 17.4. The molecular formula is C17H16Cl2N2O3S. The number of hydrogen-bond acceptors (Lipinski definition) is 5. The maximum atomic E-state index is 12.7. The van der Waals surface area contributed by atoms with Gasteiger partial charge in [-0.25, -0.2) is 0 Å². The summed E-state index contributed by atoms with van der Waals surface area (Å²) in [4.78, 5) is 12.7. The number of nitrogens with one attached hydrogen (secondary N) is 1. The van der Waals surface area contributed by atoms with Gasteiger partial charge in [-0.3, -0.25) is 4.79 Å². The molecule has 2 aliphatic heterocycles. The summed E-state index contributed by atoms with van der Waals surface area (Å²) in [6.45, 7) is 1.33. The van der Waals surface area contributed by atoms with E-state index in [-0.39, 0.29) is 28.3 Å². The van der Waals surface area contributed by atoms with Gasteiger partial charge in [0.05, 0.1) is 19.3 Å². The predicted octanol–water partition coefficient (Wildman–Crippen LogP) is 4.25. The number of aromatic nitrogens is 1. The summed E-state index contributed by atoms with van der Waals surface area (Å²) < 4.78 is 16.2. The molecule has 1 N–H and O–H groups in total. The molecule has 2 aromatic rings. The van der Waals surface area contributed by atoms with Crippen molar-refractivity contribution in [1.29, 1.82) is 0 Å². The molecule has 0 aliphatic carbocycles. The van der Waals surface area contributed by atoms with Gasteiger partial charge in [-0.2, -0.15) is 4.37 Å². The summed E-state index contributed by atoms with van der Waals surface area (Å²) in [5.74, 6) is 0.486. The Kier molecular flexibility index (Phi) is 4.62. The van der Waals surface area contributed by atoms with Gasteiger partial charge in [-0.1, -0.05) is 41.4 Å². The van der Waals surface area contributed by atoms with Crippen molar-refractivity contribution >= 4 is 40.6 Å². The molecule has 0 radical (unpaired) electrons. The molecule has 2 aliphatic rings. The Balaban J connectivity index is 1.63. The van der Waals surface area contributed by atoms with Gasteiger partial charge in [0.15, 0.2) is 5.69 Å². The van der Waals surface area contributed by atoms with Crippen molar-refractivity contribution in [2.24, 2.45) is 0 Å². The zero-order valence-corrected chi connectivity index (χ0v) is 15.6. The van der Waals surface area contributed by atoms with E-state index in [2.05, 4.69) is 9.69 Å². The molecule has 1 fully saturated rings. The van der Waals surface area contributed by atoms with Crippen LogP contribution in [0.1, 0.15) is 41.4 Å². The SMILES string of the molecule is O=C(NC1CC2(CCOCC2)Oc2ccccc21)c1nsc(Cl)c1Cl. The van der Waals surface area contributed by atoms with Crippen LogP contribution in [0.15, 0.2) is 24.3 Å². The molecule has 1 amide bonds. The van der Waals surface area contributed by atoms with Crippen molar-refractivity contribution in [2.45, 2.75) is 30.9 Å². The number of rotatable bonds is 2. The van der Waals surface area contributed by atoms with Crippen LogP contribution in [0.4, 0.5) is 0 Å². The van der Waals surface area contributed by atoms with Gasteiger partial charge in [0, 0.05) is 24.8 Å². The highest BCUT2D eigenvalue weighted by molar-refractivity contribution is 7.11. The minimum Gasteiger partial charge on any atom is -0.487 e. The third-order valence-electron chi connectivity index (χ3n) is 4.72. The van der Waals surface area contributed by atoms with E-state index in [4.69, 9.17) is 32.7 Å². The molecule has 1 atom stereocenters. The maximum Gasteiger partial charge on any atom is 0.273 e. The van der Waals surface area contributed by atoms with E-state index in [1.54, 1.807) is 0 Å². The third kappa shape index (κ3) is 3.24. The summed E-state index contributed by atoms with van der Waals surface area (Å²) in [5.41, 5.74) is 0.820. The normalized spacial score (nSPS) is 21.4. The number of carbonyl (C=O) groups excluding carboxylic acids is 1. The molecule has 4 rings (SSSR count). The summed E-state index contributed by atoms with van der Waals surface area (Å²) in [6, 6.07) is 7.62. The molecule has 5 nitrogen and oxygen atoms in total. The van der Waals surface area contributed by atoms with Gasteiger partial charge in [-0.05, 0) is 17.6 Å². The largest absolute Gasteiger partial charge is 0.487 e. The zero-order valence-electron chi connectivity index (χ0n) is 13.3. The summed E-state index contributed by atoms with van der Waals surface area (Å²) in [5, 5.41) is 3.26. The number of ether oxygens (including phenoxy) is 2. The van der Waals surface area contributed by atoms with E-state index in [9.17, 15) is 4.79 Å². The summed E-state index contributed by atoms with van der Waals surface area (Å²) in [7, 11) is 0. The van der Waals surface area contributed by atoms with Crippen LogP contribution in [0.25, 0.3) is 0 Å². The van der Waals surface area contributed by atoms with Gasteiger partial charge < -0.3 is 14.8 Å². The van der Waals surface area contributed by atoms with Crippen LogP contribution in [0, 0.1) is 0 Å². The second-order valence-electron chi connectivity index (χ2n) is 6.28. The van der Waals surface area contributed by atoms with Gasteiger partial charge in [0.1, 0.15) is 20.7 Å². The van der Waals surface area contributed by atoms with Crippen LogP contribution < -0.4 is 10.1 Å². The van der Waals surface area contributed by atoms with E-state index in [1.165, 1.54) is 0 Å². The first kappa shape index (κ1) is 17.1. The molecule has 1 unspecified atom stereocenters. The monoisotopic (exact) mass is 398 g/mol. The van der Waals surface area contributed by atoms with E-state index in [1.807, 2.05) is 24.3 Å². The fourth-order valence-electron chi connectivity index (χ4n) is 3.42. The van der Waals surface area contributed by atoms with E-state index >= 15 is 0 Å². The van der Waals surface area contributed by atoms with Crippen molar-refractivity contribution in [1.82, 2.24) is 9.69 Å². The minimum absolute atomic E-state index is 0.168. The lowest BCUT2D eigenvalue weighted by atomic mass is 9.82. The topological polar surface area (TPSA) is 60.5 Å². The molecule has 1 aromatic carbocycles. The number of benzene rings is 1. The molecule has 0 bridgehead atoms. The average Bonchev–Trinajstić information content (AvgIpc) is 2.95. The smallest absolute Gasteiger partial charge is 0.273 e. The molecule has 132 valence electrons. The Morgan fingerprint density at radius 3 is 2.76 bits per heavy atom. The number of halogens is 2. The number of carbonyl (C=O) groups is 1. The Bertz CT molecular complexity index is 805. The van der Waals surface area contributed by atoms with Crippen molar-refractivity contribution < 1.29 is 14.3 Å². The molecule has 3 heterocycles. The number of hydrogen-bond donors (Lipinski definition) is 1. The molecular weight excluding hydrogens is 383 g/mol. The van der Waals surface area contributed by atoms with E-state index < -0.39 is 0 Å². The molecule has 1 saturated heterocycles. The number of para-hydroxylation sites is 1. The Morgan fingerprint density at radius 2 is 2.04 bits per heavy atom. The van der Waals surface area contributed by atoms with Gasteiger partial charge in [-0.15, -0.1) is 0 Å². The Hall–Kier alpha value is -1.34. The van der Waals surface area contributed by atoms with Crippen LogP contribution in [-0.2, 0) is 4.74 Å². The highest BCUT2D eigenvalue weighted by Crippen LogP contribution is 2.44. The second-order valence-corrected chi connectivity index (χ2v) is 8.04. The van der Waals surface area contributed by atoms with Crippen LogP contribution in [-0.4, -0.2) is 29.1 Å². The molecule has 8 heteroatoms. The lowest BCUT2D eigenvalue weighted by Gasteiger charge is -2.44. The maximum absolute atomic E-state index is 12.7. The van der Waals surface area contributed by atoms with E-state index in [0.29, 0.717) is 24.0 Å². The standard InChI is InChI=1S/C17H16Cl2N2O3S/c18-13-14(21-25-15(13)19)16(22)20-11-9-17(5-7-23-8-6-17)24-12-4-2-1-3-10(11)12/h1-4,11H,5-9H2,(H,20,22). The molecule has 1 spiro atoms. The number of fused-ring (bicyclic) bond motifs is 1. The highest BCUT2D eigenvalue weighted by atomic mass is 35.5.